The normalized spacial score (nSPS) is 16.0. The van der Waals surface area contributed by atoms with Crippen LogP contribution < -0.4 is 5.32 Å². The number of carbonyl (C=O) groups excluding carboxylic acids is 1. The molecule has 6 nitrogen and oxygen atoms in total. The lowest BCUT2D eigenvalue weighted by molar-refractivity contribution is -0.116. The van der Waals surface area contributed by atoms with Crippen molar-refractivity contribution >= 4 is 56.4 Å². The first-order valence-electron chi connectivity index (χ1n) is 8.99. The summed E-state index contributed by atoms with van der Waals surface area (Å²) in [6, 6.07) is 11.3. The fraction of sp³-hybridized carbons (Fsp3) is 0.316. The van der Waals surface area contributed by atoms with Crippen molar-refractivity contribution in [2.24, 2.45) is 0 Å². The van der Waals surface area contributed by atoms with Gasteiger partial charge in [-0.1, -0.05) is 46.9 Å². The number of nitrogens with one attached hydrogen (secondary N) is 1. The van der Waals surface area contributed by atoms with E-state index in [1.807, 2.05) is 0 Å². The van der Waals surface area contributed by atoms with Gasteiger partial charge in [0.05, 0.1) is 15.7 Å². The Bertz CT molecular complexity index is 993. The molecule has 1 N–H and O–H groups in total. The molecule has 10 heteroatoms. The topological polar surface area (TPSA) is 69.7 Å². The van der Waals surface area contributed by atoms with Gasteiger partial charge in [0.2, 0.25) is 15.9 Å². The number of hydrogen-bond donors (Lipinski definition) is 1. The molecule has 2 aromatic carbocycles. The van der Waals surface area contributed by atoms with Crippen LogP contribution in [0.3, 0.4) is 0 Å². The monoisotopic (exact) mass is 475 g/mol. The first-order valence-corrected chi connectivity index (χ1v) is 11.6. The molecule has 29 heavy (non-hydrogen) atoms. The van der Waals surface area contributed by atoms with Crippen molar-refractivity contribution in [1.29, 1.82) is 0 Å². The predicted octanol–water partition coefficient (Wildman–Crippen LogP) is 3.98. The summed E-state index contributed by atoms with van der Waals surface area (Å²) in [7, 11) is -3.63. The van der Waals surface area contributed by atoms with E-state index in [0.717, 1.165) is 0 Å². The Balaban J connectivity index is 1.50. The van der Waals surface area contributed by atoms with Crippen LogP contribution in [0.25, 0.3) is 0 Å². The molecule has 0 unspecified atom stereocenters. The third-order valence-electron chi connectivity index (χ3n) is 4.64. The summed E-state index contributed by atoms with van der Waals surface area (Å²) >= 11 is 18.0. The second kappa shape index (κ2) is 9.64. The minimum Gasteiger partial charge on any atom is -0.325 e. The molecule has 0 atom stereocenters. The van der Waals surface area contributed by atoms with E-state index < -0.39 is 10.0 Å². The molecule has 0 aliphatic carbocycles. The second-order valence-electron chi connectivity index (χ2n) is 6.60. The predicted molar refractivity (Wildman–Crippen MR) is 116 cm³/mol. The van der Waals surface area contributed by atoms with Crippen LogP contribution in [0.15, 0.2) is 47.4 Å². The summed E-state index contributed by atoms with van der Waals surface area (Å²) in [5.74, 6) is -0.180. The maximum Gasteiger partial charge on any atom is 0.244 e. The van der Waals surface area contributed by atoms with Crippen molar-refractivity contribution in [3.8, 4) is 0 Å². The average molecular weight is 477 g/mol. The lowest BCUT2D eigenvalue weighted by atomic mass is 10.3. The van der Waals surface area contributed by atoms with E-state index in [9.17, 15) is 13.2 Å². The smallest absolute Gasteiger partial charge is 0.244 e. The summed E-state index contributed by atoms with van der Waals surface area (Å²) < 4.78 is 27.0. The molecule has 1 amide bonds. The SMILES string of the molecule is O=C(CCN1CCN(S(=O)(=O)c2ccccc2Cl)CC1)Nc1cc(Cl)ccc1Cl. The first-order chi connectivity index (χ1) is 13.8. The summed E-state index contributed by atoms with van der Waals surface area (Å²) in [5.41, 5.74) is 0.472. The zero-order valence-electron chi connectivity index (χ0n) is 15.4. The molecule has 1 heterocycles. The Labute approximate surface area is 185 Å². The lowest BCUT2D eigenvalue weighted by Crippen LogP contribution is -2.49. The van der Waals surface area contributed by atoms with E-state index in [4.69, 9.17) is 34.8 Å². The molecule has 1 aliphatic heterocycles. The lowest BCUT2D eigenvalue weighted by Gasteiger charge is -2.34. The summed E-state index contributed by atoms with van der Waals surface area (Å²) in [4.78, 5) is 14.4. The first kappa shape index (κ1) is 22.3. The molecule has 1 fully saturated rings. The van der Waals surface area contributed by atoms with E-state index in [2.05, 4.69) is 10.2 Å². The molecular formula is C19H20Cl3N3O3S. The molecule has 0 bridgehead atoms. The molecule has 3 rings (SSSR count). The van der Waals surface area contributed by atoms with Crippen LogP contribution in [0.5, 0.6) is 0 Å². The number of sulfonamides is 1. The Morgan fingerprint density at radius 3 is 2.34 bits per heavy atom. The number of hydrogen-bond acceptors (Lipinski definition) is 4. The van der Waals surface area contributed by atoms with Crippen LogP contribution in [0.2, 0.25) is 15.1 Å². The van der Waals surface area contributed by atoms with Gasteiger partial charge in [-0.3, -0.25) is 4.79 Å². The molecule has 2 aromatic rings. The minimum absolute atomic E-state index is 0.118. The van der Waals surface area contributed by atoms with Gasteiger partial charge in [-0.2, -0.15) is 4.31 Å². The van der Waals surface area contributed by atoms with Crippen LogP contribution in [0.1, 0.15) is 6.42 Å². The van der Waals surface area contributed by atoms with Crippen LogP contribution >= 0.6 is 34.8 Å². The number of halogens is 3. The molecule has 156 valence electrons. The van der Waals surface area contributed by atoms with Crippen LogP contribution in [0.4, 0.5) is 5.69 Å². The molecule has 0 aromatic heterocycles. The van der Waals surface area contributed by atoms with Gasteiger partial charge < -0.3 is 10.2 Å². The number of carbonyl (C=O) groups is 1. The number of rotatable bonds is 6. The van der Waals surface area contributed by atoms with Gasteiger partial charge in [-0.25, -0.2) is 8.42 Å². The molecule has 1 saturated heterocycles. The fourth-order valence-electron chi connectivity index (χ4n) is 3.05. The highest BCUT2D eigenvalue weighted by Crippen LogP contribution is 2.26. The number of nitrogens with zero attached hydrogens (tertiary/aromatic N) is 2. The summed E-state index contributed by atoms with van der Waals surface area (Å²) in [6.45, 7) is 2.28. The van der Waals surface area contributed by atoms with Gasteiger partial charge in [0.1, 0.15) is 4.90 Å². The minimum atomic E-state index is -3.63. The quantitative estimate of drug-likeness (QED) is 0.684. The second-order valence-corrected chi connectivity index (χ2v) is 9.76. The third-order valence-corrected chi connectivity index (χ3v) is 7.61. The molecule has 0 radical (unpaired) electrons. The highest BCUT2D eigenvalue weighted by atomic mass is 35.5. The maximum atomic E-state index is 12.8. The molecule has 1 aliphatic rings. The third kappa shape index (κ3) is 5.63. The average Bonchev–Trinajstić information content (AvgIpc) is 2.70. The van der Waals surface area contributed by atoms with E-state index in [1.54, 1.807) is 36.4 Å². The zero-order valence-corrected chi connectivity index (χ0v) is 18.5. The highest BCUT2D eigenvalue weighted by molar-refractivity contribution is 7.89. The molecular weight excluding hydrogens is 457 g/mol. The fourth-order valence-corrected chi connectivity index (χ4v) is 5.30. The van der Waals surface area contributed by atoms with Crippen molar-refractivity contribution in [3.05, 3.63) is 57.5 Å². The van der Waals surface area contributed by atoms with Crippen molar-refractivity contribution in [2.75, 3.05) is 38.0 Å². The van der Waals surface area contributed by atoms with E-state index in [-0.39, 0.29) is 22.2 Å². The van der Waals surface area contributed by atoms with Crippen LogP contribution in [-0.2, 0) is 14.8 Å². The van der Waals surface area contributed by atoms with Gasteiger partial charge >= 0.3 is 0 Å². The number of benzene rings is 2. The van der Waals surface area contributed by atoms with Crippen molar-refractivity contribution in [2.45, 2.75) is 11.3 Å². The Morgan fingerprint density at radius 1 is 0.966 bits per heavy atom. The van der Waals surface area contributed by atoms with Crippen LogP contribution in [-0.4, -0.2) is 56.3 Å². The van der Waals surface area contributed by atoms with Gasteiger partial charge in [0.15, 0.2) is 0 Å². The van der Waals surface area contributed by atoms with E-state index >= 15 is 0 Å². The van der Waals surface area contributed by atoms with Gasteiger partial charge in [0.25, 0.3) is 0 Å². The van der Waals surface area contributed by atoms with Gasteiger partial charge in [-0.05, 0) is 30.3 Å². The van der Waals surface area contributed by atoms with Gasteiger partial charge in [0, 0.05) is 44.2 Å². The van der Waals surface area contributed by atoms with Gasteiger partial charge in [-0.15, -0.1) is 0 Å². The van der Waals surface area contributed by atoms with E-state index in [1.165, 1.54) is 10.4 Å². The Kier molecular flexibility index (Phi) is 7.42. The largest absolute Gasteiger partial charge is 0.325 e. The van der Waals surface area contributed by atoms with Crippen molar-refractivity contribution < 1.29 is 13.2 Å². The standard InChI is InChI=1S/C19H20Cl3N3O3S/c20-14-5-6-15(21)17(13-14)23-19(26)7-8-24-9-11-25(12-10-24)29(27,28)18-4-2-1-3-16(18)22/h1-6,13H,7-12H2,(H,23,26). The number of amides is 1. The number of piperazine rings is 1. The van der Waals surface area contributed by atoms with Crippen molar-refractivity contribution in [3.63, 3.8) is 0 Å². The maximum absolute atomic E-state index is 12.8. The zero-order chi connectivity index (χ0) is 21.0. The van der Waals surface area contributed by atoms with Crippen LogP contribution in [0, 0.1) is 0 Å². The molecule has 0 spiro atoms. The molecule has 0 saturated carbocycles. The van der Waals surface area contributed by atoms with Crippen molar-refractivity contribution in [1.82, 2.24) is 9.21 Å². The number of anilines is 1. The Hall–Kier alpha value is -1.35. The van der Waals surface area contributed by atoms with E-state index in [0.29, 0.717) is 48.5 Å². The summed E-state index contributed by atoms with van der Waals surface area (Å²) in [6.07, 6.45) is 0.264. The summed E-state index contributed by atoms with van der Waals surface area (Å²) in [5, 5.41) is 3.87. The highest BCUT2D eigenvalue weighted by Gasteiger charge is 2.29. The Morgan fingerprint density at radius 2 is 1.66 bits per heavy atom.